The van der Waals surface area contributed by atoms with E-state index in [2.05, 4.69) is 5.32 Å². The normalized spacial score (nSPS) is 15.5. The summed E-state index contributed by atoms with van der Waals surface area (Å²) in [5.74, 6) is -2.23. The number of rotatable bonds is 8. The van der Waals surface area contributed by atoms with Crippen LogP contribution in [0.15, 0.2) is 48.5 Å². The van der Waals surface area contributed by atoms with Gasteiger partial charge in [0.1, 0.15) is 0 Å². The van der Waals surface area contributed by atoms with Crippen LogP contribution in [0.4, 0.5) is 11.4 Å². The van der Waals surface area contributed by atoms with Gasteiger partial charge in [0, 0.05) is 29.4 Å². The summed E-state index contributed by atoms with van der Waals surface area (Å²) in [5, 5.41) is 3.08. The standard InChI is InChI=1S/C24H25ClN2O6/c1-15(2)13-32-23(30)16-6-8-19(9-7-16)26-21(28)14-33-24(31)17-10-22(29)27(12-17)20-5-3-4-18(25)11-20/h3-9,11,15,17H,10,12-14H2,1-2H3,(H,26,28)/t17-/m1/s1. The van der Waals surface area contributed by atoms with Gasteiger partial charge < -0.3 is 19.7 Å². The molecule has 0 saturated carbocycles. The second kappa shape index (κ2) is 11.0. The van der Waals surface area contributed by atoms with Crippen molar-refractivity contribution in [1.29, 1.82) is 0 Å². The zero-order valence-corrected chi connectivity index (χ0v) is 19.1. The Kier molecular flexibility index (Phi) is 8.06. The van der Waals surface area contributed by atoms with Crippen LogP contribution in [0.25, 0.3) is 0 Å². The fourth-order valence-corrected chi connectivity index (χ4v) is 3.41. The Balaban J connectivity index is 1.46. The van der Waals surface area contributed by atoms with Gasteiger partial charge in [-0.25, -0.2) is 4.79 Å². The van der Waals surface area contributed by atoms with Gasteiger partial charge in [0.05, 0.1) is 18.1 Å². The molecule has 1 atom stereocenters. The van der Waals surface area contributed by atoms with Crippen molar-refractivity contribution in [2.24, 2.45) is 11.8 Å². The molecule has 0 aliphatic carbocycles. The Morgan fingerprint density at radius 1 is 1.12 bits per heavy atom. The molecule has 0 spiro atoms. The summed E-state index contributed by atoms with van der Waals surface area (Å²) in [5.41, 5.74) is 1.42. The molecule has 3 rings (SSSR count). The maximum absolute atomic E-state index is 12.4. The first-order valence-corrected chi connectivity index (χ1v) is 10.9. The number of ether oxygens (including phenoxy) is 2. The molecular formula is C24H25ClN2O6. The highest BCUT2D eigenvalue weighted by atomic mass is 35.5. The van der Waals surface area contributed by atoms with Crippen molar-refractivity contribution >= 4 is 46.7 Å². The lowest BCUT2D eigenvalue weighted by Crippen LogP contribution is -2.28. The smallest absolute Gasteiger partial charge is 0.338 e. The highest BCUT2D eigenvalue weighted by molar-refractivity contribution is 6.31. The summed E-state index contributed by atoms with van der Waals surface area (Å²) in [6, 6.07) is 13.0. The lowest BCUT2D eigenvalue weighted by Gasteiger charge is -2.16. The maximum Gasteiger partial charge on any atom is 0.338 e. The van der Waals surface area contributed by atoms with Crippen LogP contribution in [0.5, 0.6) is 0 Å². The zero-order valence-electron chi connectivity index (χ0n) is 18.4. The molecule has 8 nitrogen and oxygen atoms in total. The second-order valence-corrected chi connectivity index (χ2v) is 8.55. The summed E-state index contributed by atoms with van der Waals surface area (Å²) < 4.78 is 10.3. The van der Waals surface area contributed by atoms with Gasteiger partial charge in [-0.15, -0.1) is 0 Å². The minimum Gasteiger partial charge on any atom is -0.462 e. The summed E-state index contributed by atoms with van der Waals surface area (Å²) >= 11 is 5.97. The average molecular weight is 473 g/mol. The molecule has 1 aliphatic rings. The molecule has 1 heterocycles. The van der Waals surface area contributed by atoms with E-state index in [1.807, 2.05) is 13.8 Å². The highest BCUT2D eigenvalue weighted by Gasteiger charge is 2.36. The Labute approximate surface area is 196 Å². The molecule has 0 radical (unpaired) electrons. The first kappa shape index (κ1) is 24.3. The lowest BCUT2D eigenvalue weighted by molar-refractivity contribution is -0.151. The summed E-state index contributed by atoms with van der Waals surface area (Å²) in [4.78, 5) is 50.2. The number of carbonyl (C=O) groups is 4. The second-order valence-electron chi connectivity index (χ2n) is 8.11. The van der Waals surface area contributed by atoms with Gasteiger partial charge in [-0.3, -0.25) is 14.4 Å². The average Bonchev–Trinajstić information content (AvgIpc) is 3.18. The largest absolute Gasteiger partial charge is 0.462 e. The van der Waals surface area contributed by atoms with Gasteiger partial charge >= 0.3 is 11.9 Å². The van der Waals surface area contributed by atoms with E-state index < -0.39 is 30.4 Å². The third-order valence-electron chi connectivity index (χ3n) is 4.88. The molecule has 1 aliphatic heterocycles. The molecule has 2 amide bonds. The maximum atomic E-state index is 12.4. The highest BCUT2D eigenvalue weighted by Crippen LogP contribution is 2.27. The molecule has 2 aromatic carbocycles. The van der Waals surface area contributed by atoms with Gasteiger partial charge in [0.25, 0.3) is 5.91 Å². The predicted molar refractivity (Wildman–Crippen MR) is 123 cm³/mol. The van der Waals surface area contributed by atoms with Crippen molar-refractivity contribution in [1.82, 2.24) is 0 Å². The van der Waals surface area contributed by atoms with E-state index in [9.17, 15) is 19.2 Å². The number of anilines is 2. The minimum absolute atomic E-state index is 0.00133. The fourth-order valence-electron chi connectivity index (χ4n) is 3.23. The number of hydrogen-bond acceptors (Lipinski definition) is 6. The van der Waals surface area contributed by atoms with E-state index in [1.165, 1.54) is 4.90 Å². The van der Waals surface area contributed by atoms with E-state index in [4.69, 9.17) is 21.1 Å². The monoisotopic (exact) mass is 472 g/mol. The van der Waals surface area contributed by atoms with Crippen LogP contribution in [0.1, 0.15) is 30.6 Å². The van der Waals surface area contributed by atoms with Crippen molar-refractivity contribution in [2.45, 2.75) is 20.3 Å². The predicted octanol–water partition coefficient (Wildman–Crippen LogP) is 3.69. The number of benzene rings is 2. The topological polar surface area (TPSA) is 102 Å². The number of nitrogens with one attached hydrogen (secondary N) is 1. The Morgan fingerprint density at radius 3 is 2.52 bits per heavy atom. The van der Waals surface area contributed by atoms with E-state index in [0.29, 0.717) is 28.6 Å². The zero-order chi connectivity index (χ0) is 24.0. The Hall–Kier alpha value is -3.39. The molecule has 0 bridgehead atoms. The van der Waals surface area contributed by atoms with E-state index in [-0.39, 0.29) is 24.8 Å². The lowest BCUT2D eigenvalue weighted by atomic mass is 10.1. The molecule has 2 aromatic rings. The summed E-state index contributed by atoms with van der Waals surface area (Å²) in [6.07, 6.45) is 0.00133. The Morgan fingerprint density at radius 2 is 1.85 bits per heavy atom. The SMILES string of the molecule is CC(C)COC(=O)c1ccc(NC(=O)COC(=O)[C@@H]2CC(=O)N(c3cccc(Cl)c3)C2)cc1. The van der Waals surface area contributed by atoms with Crippen molar-refractivity contribution < 1.29 is 28.7 Å². The number of nitrogens with zero attached hydrogens (tertiary/aromatic N) is 1. The summed E-state index contributed by atoms with van der Waals surface area (Å²) in [7, 11) is 0. The van der Waals surface area contributed by atoms with Crippen molar-refractivity contribution in [2.75, 3.05) is 30.0 Å². The quantitative estimate of drug-likeness (QED) is 0.588. The van der Waals surface area contributed by atoms with Gasteiger partial charge in [0.2, 0.25) is 5.91 Å². The van der Waals surface area contributed by atoms with E-state index >= 15 is 0 Å². The number of amides is 2. The minimum atomic E-state index is -0.666. The van der Waals surface area contributed by atoms with Crippen LogP contribution < -0.4 is 10.2 Å². The molecule has 1 saturated heterocycles. The molecule has 0 aromatic heterocycles. The van der Waals surface area contributed by atoms with Gasteiger partial charge in [-0.1, -0.05) is 31.5 Å². The van der Waals surface area contributed by atoms with Crippen LogP contribution in [0.3, 0.4) is 0 Å². The molecule has 1 fully saturated rings. The number of esters is 2. The first-order chi connectivity index (χ1) is 15.7. The number of carbonyl (C=O) groups excluding carboxylic acids is 4. The number of halogens is 1. The third kappa shape index (κ3) is 6.79. The fraction of sp³-hybridized carbons (Fsp3) is 0.333. The first-order valence-electron chi connectivity index (χ1n) is 10.5. The van der Waals surface area contributed by atoms with Crippen LogP contribution in [-0.4, -0.2) is 43.5 Å². The van der Waals surface area contributed by atoms with E-state index in [0.717, 1.165) is 0 Å². The molecular weight excluding hydrogens is 448 g/mol. The number of hydrogen-bond donors (Lipinski definition) is 1. The van der Waals surface area contributed by atoms with Crippen LogP contribution in [0.2, 0.25) is 5.02 Å². The molecule has 174 valence electrons. The van der Waals surface area contributed by atoms with Gasteiger partial charge in [-0.2, -0.15) is 0 Å². The van der Waals surface area contributed by atoms with E-state index in [1.54, 1.807) is 48.5 Å². The molecule has 9 heteroatoms. The van der Waals surface area contributed by atoms with Gasteiger partial charge in [-0.05, 0) is 48.4 Å². The Bertz CT molecular complexity index is 1040. The van der Waals surface area contributed by atoms with Crippen molar-refractivity contribution in [3.05, 3.63) is 59.1 Å². The molecule has 0 unspecified atom stereocenters. The van der Waals surface area contributed by atoms with Crippen molar-refractivity contribution in [3.63, 3.8) is 0 Å². The van der Waals surface area contributed by atoms with Gasteiger partial charge in [0.15, 0.2) is 6.61 Å². The molecule has 33 heavy (non-hydrogen) atoms. The molecule has 1 N–H and O–H groups in total. The van der Waals surface area contributed by atoms with Crippen LogP contribution >= 0.6 is 11.6 Å². The summed E-state index contributed by atoms with van der Waals surface area (Å²) in [6.45, 7) is 3.89. The third-order valence-corrected chi connectivity index (χ3v) is 5.11. The van der Waals surface area contributed by atoms with Crippen molar-refractivity contribution in [3.8, 4) is 0 Å². The van der Waals surface area contributed by atoms with Crippen LogP contribution in [0, 0.1) is 11.8 Å². The van der Waals surface area contributed by atoms with Crippen LogP contribution in [-0.2, 0) is 23.9 Å².